The summed E-state index contributed by atoms with van der Waals surface area (Å²) in [7, 11) is 0. The molecule has 2 aromatic carbocycles. The van der Waals surface area contributed by atoms with Gasteiger partial charge in [0.05, 0.1) is 0 Å². The van der Waals surface area contributed by atoms with Crippen LogP contribution in [0.2, 0.25) is 0 Å². The fraction of sp³-hybridized carbons (Fsp3) is 0.407. The molecule has 27 heavy (non-hydrogen) atoms. The average Bonchev–Trinajstić information content (AvgIpc) is 2.82. The number of allylic oxidation sites excluding steroid dienone is 3. The monoisotopic (exact) mass is 358 g/mol. The van der Waals surface area contributed by atoms with Gasteiger partial charge in [0.2, 0.25) is 0 Å². The molecule has 0 heterocycles. The van der Waals surface area contributed by atoms with Crippen molar-refractivity contribution in [3.63, 3.8) is 0 Å². The lowest BCUT2D eigenvalue weighted by atomic mass is 9.79. The van der Waals surface area contributed by atoms with Gasteiger partial charge in [-0.25, -0.2) is 0 Å². The SMILES string of the molecule is C=C(C1=C(C)C(C)c2c1cc1c(C)c/c(=C/CC)c(=C)c1c2C)C(C)(C)C. The molecule has 0 fully saturated rings. The lowest BCUT2D eigenvalue weighted by Gasteiger charge is -2.25. The summed E-state index contributed by atoms with van der Waals surface area (Å²) in [5.74, 6) is 0.428. The average molecular weight is 359 g/mol. The van der Waals surface area contributed by atoms with Crippen molar-refractivity contribution in [2.24, 2.45) is 5.41 Å². The molecule has 1 aliphatic carbocycles. The van der Waals surface area contributed by atoms with Crippen LogP contribution in [-0.4, -0.2) is 0 Å². The summed E-state index contributed by atoms with van der Waals surface area (Å²) in [5.41, 5.74) is 9.72. The Morgan fingerprint density at radius 1 is 1.15 bits per heavy atom. The van der Waals surface area contributed by atoms with Gasteiger partial charge >= 0.3 is 0 Å². The van der Waals surface area contributed by atoms with E-state index >= 15 is 0 Å². The van der Waals surface area contributed by atoms with E-state index in [2.05, 4.69) is 86.8 Å². The number of hydrogen-bond donors (Lipinski definition) is 0. The molecule has 0 amide bonds. The van der Waals surface area contributed by atoms with Crippen molar-refractivity contribution in [1.82, 2.24) is 0 Å². The van der Waals surface area contributed by atoms with Crippen LogP contribution in [0, 0.1) is 19.3 Å². The van der Waals surface area contributed by atoms with Crippen LogP contribution in [0.4, 0.5) is 0 Å². The van der Waals surface area contributed by atoms with Crippen LogP contribution >= 0.6 is 0 Å². The molecule has 0 aromatic heterocycles. The van der Waals surface area contributed by atoms with Crippen LogP contribution in [0.15, 0.2) is 29.9 Å². The van der Waals surface area contributed by atoms with Crippen molar-refractivity contribution >= 4 is 29.0 Å². The van der Waals surface area contributed by atoms with E-state index in [0.29, 0.717) is 5.92 Å². The lowest BCUT2D eigenvalue weighted by Crippen LogP contribution is -2.25. The first-order valence-electron chi connectivity index (χ1n) is 10.2. The van der Waals surface area contributed by atoms with Gasteiger partial charge < -0.3 is 0 Å². The van der Waals surface area contributed by atoms with Gasteiger partial charge in [0.25, 0.3) is 0 Å². The van der Waals surface area contributed by atoms with Crippen LogP contribution in [0.1, 0.15) is 76.1 Å². The van der Waals surface area contributed by atoms with Crippen LogP contribution in [-0.2, 0) is 0 Å². The first-order valence-corrected chi connectivity index (χ1v) is 10.2. The fourth-order valence-electron chi connectivity index (χ4n) is 4.66. The molecule has 0 nitrogen and oxygen atoms in total. The zero-order chi connectivity index (χ0) is 20.3. The molecule has 0 bridgehead atoms. The summed E-state index contributed by atoms with van der Waals surface area (Å²) in [4.78, 5) is 0. The predicted octanol–water partition coefficient (Wildman–Crippen LogP) is 6.55. The summed E-state index contributed by atoms with van der Waals surface area (Å²) >= 11 is 0. The van der Waals surface area contributed by atoms with Gasteiger partial charge in [-0.1, -0.05) is 65.5 Å². The van der Waals surface area contributed by atoms with Crippen molar-refractivity contribution in [3.8, 4) is 0 Å². The van der Waals surface area contributed by atoms with E-state index in [-0.39, 0.29) is 5.41 Å². The molecule has 0 heteroatoms. The van der Waals surface area contributed by atoms with Gasteiger partial charge in [0.15, 0.2) is 0 Å². The fourth-order valence-corrected chi connectivity index (χ4v) is 4.66. The van der Waals surface area contributed by atoms with Crippen LogP contribution in [0.25, 0.3) is 29.0 Å². The Bertz CT molecular complexity index is 1100. The Labute approximate surface area is 165 Å². The van der Waals surface area contributed by atoms with E-state index in [0.717, 1.165) is 6.42 Å². The standard InChI is InChI=1S/C27H34/c1-11-12-21-13-15(2)22-14-23-24(19(6)25(22)18(21)5)16(3)17(4)26(23)20(7)27(8,9)10/h12-14,16H,5,7,11H2,1-4,6,8-10H3/b21-12-. The Morgan fingerprint density at radius 3 is 2.33 bits per heavy atom. The summed E-state index contributed by atoms with van der Waals surface area (Å²) in [5, 5.41) is 5.13. The highest BCUT2D eigenvalue weighted by molar-refractivity contribution is 5.99. The number of hydrogen-bond acceptors (Lipinski definition) is 0. The summed E-state index contributed by atoms with van der Waals surface area (Å²) in [6.07, 6.45) is 3.32. The quantitative estimate of drug-likeness (QED) is 0.571. The second kappa shape index (κ2) is 6.51. The molecule has 1 unspecified atom stereocenters. The highest BCUT2D eigenvalue weighted by Crippen LogP contribution is 2.50. The number of fused-ring (bicyclic) bond motifs is 2. The highest BCUT2D eigenvalue weighted by atomic mass is 14.4. The first kappa shape index (κ1) is 19.7. The molecule has 0 radical (unpaired) electrons. The first-order chi connectivity index (χ1) is 12.5. The number of benzene rings is 2. The Hall–Kier alpha value is -2.08. The molecule has 0 N–H and O–H groups in total. The summed E-state index contributed by atoms with van der Waals surface area (Å²) in [6, 6.07) is 4.71. The third kappa shape index (κ3) is 2.90. The molecule has 1 aliphatic rings. The molecule has 142 valence electrons. The lowest BCUT2D eigenvalue weighted by molar-refractivity contribution is 0.522. The topological polar surface area (TPSA) is 0 Å². The third-order valence-corrected chi connectivity index (χ3v) is 6.45. The molecule has 0 saturated carbocycles. The minimum atomic E-state index is 0.0627. The van der Waals surface area contributed by atoms with Crippen LogP contribution < -0.4 is 10.4 Å². The number of rotatable bonds is 2. The molecule has 0 saturated heterocycles. The Kier molecular flexibility index (Phi) is 4.75. The Morgan fingerprint density at radius 2 is 1.78 bits per heavy atom. The van der Waals surface area contributed by atoms with E-state index in [9.17, 15) is 0 Å². The molecular formula is C27H34. The van der Waals surface area contributed by atoms with Crippen molar-refractivity contribution in [2.45, 2.75) is 67.7 Å². The summed E-state index contributed by atoms with van der Waals surface area (Å²) in [6.45, 7) is 27.1. The van der Waals surface area contributed by atoms with Crippen molar-refractivity contribution in [2.75, 3.05) is 0 Å². The smallest absolute Gasteiger partial charge is 0.00353 e. The van der Waals surface area contributed by atoms with E-state index in [1.165, 1.54) is 60.2 Å². The van der Waals surface area contributed by atoms with Gasteiger partial charge in [0.1, 0.15) is 0 Å². The van der Waals surface area contributed by atoms with Crippen molar-refractivity contribution < 1.29 is 0 Å². The third-order valence-electron chi connectivity index (χ3n) is 6.45. The molecule has 0 spiro atoms. The zero-order valence-electron chi connectivity index (χ0n) is 18.4. The normalized spacial score (nSPS) is 17.8. The molecule has 1 atom stereocenters. The van der Waals surface area contributed by atoms with E-state index < -0.39 is 0 Å². The van der Waals surface area contributed by atoms with Crippen molar-refractivity contribution in [3.05, 3.63) is 62.5 Å². The second-order valence-electron chi connectivity index (χ2n) is 9.27. The van der Waals surface area contributed by atoms with Crippen LogP contribution in [0.3, 0.4) is 0 Å². The van der Waals surface area contributed by atoms with Gasteiger partial charge in [-0.15, -0.1) is 0 Å². The molecular weight excluding hydrogens is 324 g/mol. The van der Waals surface area contributed by atoms with E-state index in [4.69, 9.17) is 0 Å². The summed E-state index contributed by atoms with van der Waals surface area (Å²) < 4.78 is 0. The number of aryl methyl sites for hydroxylation is 2. The highest BCUT2D eigenvalue weighted by Gasteiger charge is 2.32. The maximum absolute atomic E-state index is 4.50. The van der Waals surface area contributed by atoms with Gasteiger partial charge in [0, 0.05) is 5.92 Å². The van der Waals surface area contributed by atoms with E-state index in [1.54, 1.807) is 0 Å². The Balaban J connectivity index is 2.45. The van der Waals surface area contributed by atoms with Crippen LogP contribution in [0.5, 0.6) is 0 Å². The second-order valence-corrected chi connectivity index (χ2v) is 9.27. The zero-order valence-corrected chi connectivity index (χ0v) is 18.4. The minimum absolute atomic E-state index is 0.0627. The van der Waals surface area contributed by atoms with Gasteiger partial charge in [-0.05, 0) is 93.3 Å². The van der Waals surface area contributed by atoms with Gasteiger partial charge in [-0.3, -0.25) is 0 Å². The predicted molar refractivity (Wildman–Crippen MR) is 123 cm³/mol. The largest absolute Gasteiger partial charge is 0.0947 e. The molecule has 2 aromatic rings. The molecule has 0 aliphatic heterocycles. The van der Waals surface area contributed by atoms with Crippen molar-refractivity contribution in [1.29, 1.82) is 0 Å². The maximum Gasteiger partial charge on any atom is 0.00353 e. The molecule has 3 rings (SSSR count). The minimum Gasteiger partial charge on any atom is -0.0947 e. The van der Waals surface area contributed by atoms with Gasteiger partial charge in [-0.2, -0.15) is 0 Å². The van der Waals surface area contributed by atoms with E-state index in [1.807, 2.05) is 0 Å². The maximum atomic E-state index is 4.50.